The summed E-state index contributed by atoms with van der Waals surface area (Å²) < 4.78 is 0. The predicted molar refractivity (Wildman–Crippen MR) is 57.0 cm³/mol. The topological polar surface area (TPSA) is 75.1 Å². The monoisotopic (exact) mass is 207 g/mol. The van der Waals surface area contributed by atoms with Crippen LogP contribution >= 0.6 is 0 Å². The van der Waals surface area contributed by atoms with Gasteiger partial charge in [0.15, 0.2) is 0 Å². The van der Waals surface area contributed by atoms with Gasteiger partial charge in [-0.25, -0.2) is 14.8 Å². The molecule has 0 amide bonds. The number of carbonyl (C=O) groups is 1. The van der Waals surface area contributed by atoms with E-state index in [4.69, 9.17) is 5.11 Å². The standard InChI is InChI=1S/C10H13N3O2/c1-6(2)4-11-10-12-5-8(9(14)15)7(3)13-10/h5H,1,4H2,2-3H3,(H,14,15)(H,11,12,13). The van der Waals surface area contributed by atoms with Crippen molar-refractivity contribution in [3.8, 4) is 0 Å². The number of carboxylic acids is 1. The van der Waals surface area contributed by atoms with Gasteiger partial charge in [0.1, 0.15) is 0 Å². The maximum absolute atomic E-state index is 10.7. The Morgan fingerprint density at radius 2 is 2.33 bits per heavy atom. The molecular formula is C10H13N3O2. The van der Waals surface area contributed by atoms with Gasteiger partial charge in [-0.2, -0.15) is 0 Å². The van der Waals surface area contributed by atoms with Crippen molar-refractivity contribution in [2.75, 3.05) is 11.9 Å². The summed E-state index contributed by atoms with van der Waals surface area (Å²) in [6.45, 7) is 7.82. The van der Waals surface area contributed by atoms with E-state index in [2.05, 4.69) is 21.9 Å². The van der Waals surface area contributed by atoms with Crippen LogP contribution in [0, 0.1) is 6.92 Å². The zero-order valence-corrected chi connectivity index (χ0v) is 8.74. The average molecular weight is 207 g/mol. The van der Waals surface area contributed by atoms with Crippen molar-refractivity contribution in [2.24, 2.45) is 0 Å². The molecule has 0 saturated heterocycles. The average Bonchev–Trinajstić information content (AvgIpc) is 2.14. The van der Waals surface area contributed by atoms with Crippen LogP contribution in [0.4, 0.5) is 5.95 Å². The van der Waals surface area contributed by atoms with Crippen molar-refractivity contribution in [1.29, 1.82) is 0 Å². The Morgan fingerprint density at radius 1 is 1.67 bits per heavy atom. The van der Waals surface area contributed by atoms with Gasteiger partial charge in [0.25, 0.3) is 0 Å². The zero-order valence-electron chi connectivity index (χ0n) is 8.74. The summed E-state index contributed by atoms with van der Waals surface area (Å²) in [5, 5.41) is 11.7. The molecule has 15 heavy (non-hydrogen) atoms. The molecule has 2 N–H and O–H groups in total. The smallest absolute Gasteiger partial charge is 0.339 e. The zero-order chi connectivity index (χ0) is 11.4. The van der Waals surface area contributed by atoms with E-state index in [9.17, 15) is 4.79 Å². The Bertz CT molecular complexity index is 402. The number of aromatic carboxylic acids is 1. The van der Waals surface area contributed by atoms with Crippen LogP contribution in [0.3, 0.4) is 0 Å². The Morgan fingerprint density at radius 3 is 2.80 bits per heavy atom. The maximum atomic E-state index is 10.7. The number of carboxylic acid groups (broad SMARTS) is 1. The number of hydrogen-bond donors (Lipinski definition) is 2. The normalized spacial score (nSPS) is 9.73. The van der Waals surface area contributed by atoms with Crippen molar-refractivity contribution >= 4 is 11.9 Å². The molecule has 0 fully saturated rings. The molecule has 1 heterocycles. The van der Waals surface area contributed by atoms with Gasteiger partial charge in [0.2, 0.25) is 5.95 Å². The van der Waals surface area contributed by atoms with Crippen molar-refractivity contribution in [2.45, 2.75) is 13.8 Å². The molecule has 5 heteroatoms. The number of rotatable bonds is 4. The largest absolute Gasteiger partial charge is 0.478 e. The van der Waals surface area contributed by atoms with Crippen LogP contribution in [0.2, 0.25) is 0 Å². The molecule has 1 rings (SSSR count). The van der Waals surface area contributed by atoms with Crippen LogP contribution in [0.5, 0.6) is 0 Å². The van der Waals surface area contributed by atoms with Gasteiger partial charge < -0.3 is 10.4 Å². The minimum atomic E-state index is -1.01. The van der Waals surface area contributed by atoms with E-state index in [0.717, 1.165) is 5.57 Å². The minimum absolute atomic E-state index is 0.121. The van der Waals surface area contributed by atoms with Crippen LogP contribution < -0.4 is 5.32 Å². The second-order valence-electron chi connectivity index (χ2n) is 3.31. The minimum Gasteiger partial charge on any atom is -0.478 e. The molecule has 0 saturated carbocycles. The number of aryl methyl sites for hydroxylation is 1. The molecule has 0 radical (unpaired) electrons. The lowest BCUT2D eigenvalue weighted by Gasteiger charge is -2.05. The lowest BCUT2D eigenvalue weighted by atomic mass is 10.2. The van der Waals surface area contributed by atoms with Crippen molar-refractivity contribution in [1.82, 2.24) is 9.97 Å². The van der Waals surface area contributed by atoms with Gasteiger partial charge in [-0.05, 0) is 13.8 Å². The Labute approximate surface area is 87.9 Å². The third kappa shape index (κ3) is 3.05. The van der Waals surface area contributed by atoms with E-state index >= 15 is 0 Å². The van der Waals surface area contributed by atoms with Gasteiger partial charge in [-0.1, -0.05) is 12.2 Å². The van der Waals surface area contributed by atoms with Crippen molar-refractivity contribution in [3.63, 3.8) is 0 Å². The third-order valence-electron chi connectivity index (χ3n) is 1.76. The highest BCUT2D eigenvalue weighted by Crippen LogP contribution is 2.07. The second kappa shape index (κ2) is 4.54. The van der Waals surface area contributed by atoms with E-state index < -0.39 is 5.97 Å². The number of nitrogens with zero attached hydrogens (tertiary/aromatic N) is 2. The Hall–Kier alpha value is -1.91. The van der Waals surface area contributed by atoms with Crippen LogP contribution in [0.15, 0.2) is 18.3 Å². The molecule has 5 nitrogen and oxygen atoms in total. The van der Waals surface area contributed by atoms with Crippen molar-refractivity contribution < 1.29 is 9.90 Å². The Balaban J connectivity index is 2.82. The molecule has 0 aliphatic carbocycles. The fraction of sp³-hybridized carbons (Fsp3) is 0.300. The number of aromatic nitrogens is 2. The van der Waals surface area contributed by atoms with Crippen LogP contribution in [-0.4, -0.2) is 27.6 Å². The quantitative estimate of drug-likeness (QED) is 0.731. The van der Waals surface area contributed by atoms with Gasteiger partial charge in [-0.15, -0.1) is 0 Å². The lowest BCUT2D eigenvalue weighted by Crippen LogP contribution is -2.09. The summed E-state index contributed by atoms with van der Waals surface area (Å²) in [6.07, 6.45) is 1.30. The Kier molecular flexibility index (Phi) is 3.38. The summed E-state index contributed by atoms with van der Waals surface area (Å²) in [7, 11) is 0. The molecule has 0 aliphatic rings. The van der Waals surface area contributed by atoms with E-state index in [1.807, 2.05) is 6.92 Å². The van der Waals surface area contributed by atoms with Crippen LogP contribution in [0.1, 0.15) is 23.0 Å². The van der Waals surface area contributed by atoms with Gasteiger partial charge in [0.05, 0.1) is 11.3 Å². The van der Waals surface area contributed by atoms with Gasteiger partial charge >= 0.3 is 5.97 Å². The lowest BCUT2D eigenvalue weighted by molar-refractivity contribution is 0.0695. The molecule has 1 aromatic rings. The molecule has 1 aromatic heterocycles. The predicted octanol–water partition coefficient (Wildman–Crippen LogP) is 1.47. The highest BCUT2D eigenvalue weighted by atomic mass is 16.4. The van der Waals surface area contributed by atoms with E-state index in [1.165, 1.54) is 6.20 Å². The fourth-order valence-electron chi connectivity index (χ4n) is 0.992. The van der Waals surface area contributed by atoms with Crippen LogP contribution in [-0.2, 0) is 0 Å². The molecule has 80 valence electrons. The number of nitrogens with one attached hydrogen (secondary N) is 1. The summed E-state index contributed by atoms with van der Waals surface area (Å²) in [5.74, 6) is -0.598. The van der Waals surface area contributed by atoms with Crippen LogP contribution in [0.25, 0.3) is 0 Å². The number of anilines is 1. The molecule has 0 atom stereocenters. The first-order valence-corrected chi connectivity index (χ1v) is 4.46. The first-order valence-electron chi connectivity index (χ1n) is 4.46. The van der Waals surface area contributed by atoms with E-state index in [-0.39, 0.29) is 5.56 Å². The van der Waals surface area contributed by atoms with Crippen molar-refractivity contribution in [3.05, 3.63) is 29.6 Å². The summed E-state index contributed by atoms with van der Waals surface area (Å²) in [4.78, 5) is 18.6. The van der Waals surface area contributed by atoms with E-state index in [0.29, 0.717) is 18.2 Å². The highest BCUT2D eigenvalue weighted by molar-refractivity contribution is 5.88. The molecule has 0 aromatic carbocycles. The first kappa shape index (κ1) is 11.2. The molecule has 0 spiro atoms. The third-order valence-corrected chi connectivity index (χ3v) is 1.76. The maximum Gasteiger partial charge on any atom is 0.339 e. The summed E-state index contributed by atoms with van der Waals surface area (Å²) >= 11 is 0. The van der Waals surface area contributed by atoms with Gasteiger partial charge in [0, 0.05) is 12.7 Å². The SMILES string of the molecule is C=C(C)CNc1ncc(C(=O)O)c(C)n1. The summed E-state index contributed by atoms with van der Waals surface area (Å²) in [5.41, 5.74) is 1.52. The fourth-order valence-corrected chi connectivity index (χ4v) is 0.992. The van der Waals surface area contributed by atoms with Gasteiger partial charge in [-0.3, -0.25) is 0 Å². The molecule has 0 bridgehead atoms. The summed E-state index contributed by atoms with van der Waals surface area (Å²) in [6, 6.07) is 0. The molecule has 0 aliphatic heterocycles. The highest BCUT2D eigenvalue weighted by Gasteiger charge is 2.09. The first-order chi connectivity index (χ1) is 7.00. The number of hydrogen-bond acceptors (Lipinski definition) is 4. The molecular weight excluding hydrogens is 194 g/mol. The van der Waals surface area contributed by atoms with E-state index in [1.54, 1.807) is 6.92 Å². The molecule has 0 unspecified atom stereocenters. The second-order valence-corrected chi connectivity index (χ2v) is 3.31.